The lowest BCUT2D eigenvalue weighted by atomic mass is 10.0. The number of benzene rings is 12. The lowest BCUT2D eigenvalue weighted by Gasteiger charge is -2.32. The number of nitrogens with zero attached hydrogens (tertiary/aromatic N) is 4. The summed E-state index contributed by atoms with van der Waals surface area (Å²) in [6.07, 6.45) is 0. The van der Waals surface area contributed by atoms with E-state index in [9.17, 15) is 0 Å². The Balaban J connectivity index is 1.06. The standard InChI is InChI=1S/C64H36N4Si/c1-5-13-41-21-49-29-57-53(25-45(49)17-37(41)9-1)33-61-62-34-54-26-46-18-38-10-2-6-14-42(38)22-50(46)30-58(54)66(62)69(65(57)61)67-59-31-51-23-43-15-7-3-11-39(43)19-47(51)27-55(59)35-63(67)64-36-56-28-48-20-40-12-4-8-16-44(40)24-52(48)32-60(56)68(64)69/h1-36H. The average Bonchev–Trinajstić information content (AvgIpc) is 4.21. The first kappa shape index (κ1) is 35.3. The van der Waals surface area contributed by atoms with Crippen LogP contribution >= 0.6 is 0 Å². The topological polar surface area (TPSA) is 19.7 Å². The van der Waals surface area contributed by atoms with Crippen LogP contribution in [0.5, 0.6) is 0 Å². The molecule has 0 amide bonds. The Morgan fingerprint density at radius 3 is 0.551 bits per heavy atom. The zero-order valence-corrected chi connectivity index (χ0v) is 38.1. The normalized spacial score (nSPS) is 13.9. The molecule has 12 aromatic carbocycles. The Labute approximate surface area is 394 Å². The van der Waals surface area contributed by atoms with Crippen LogP contribution in [0.1, 0.15) is 0 Å². The molecule has 0 N–H and O–H groups in total. The second-order valence-electron chi connectivity index (χ2n) is 19.9. The largest absolute Gasteiger partial charge is 0.522 e. The van der Waals surface area contributed by atoms with E-state index in [0.717, 1.165) is 0 Å². The summed E-state index contributed by atoms with van der Waals surface area (Å²) in [5, 5.41) is 25.3. The highest BCUT2D eigenvalue weighted by molar-refractivity contribution is 6.81. The molecule has 0 radical (unpaired) electrons. The van der Waals surface area contributed by atoms with Gasteiger partial charge in [-0.2, -0.15) is 0 Å². The highest BCUT2D eigenvalue weighted by Crippen LogP contribution is 2.53. The molecular formula is C64H36N4Si. The van der Waals surface area contributed by atoms with Crippen molar-refractivity contribution in [2.45, 2.75) is 0 Å². The van der Waals surface area contributed by atoms with E-state index in [2.05, 4.69) is 235 Å². The van der Waals surface area contributed by atoms with Gasteiger partial charge in [0.25, 0.3) is 0 Å². The molecule has 6 heterocycles. The number of rotatable bonds is 0. The quantitative estimate of drug-likeness (QED) is 0.107. The lowest BCUT2D eigenvalue weighted by molar-refractivity contribution is 0.961. The Hall–Kier alpha value is -8.90. The van der Waals surface area contributed by atoms with Crippen molar-refractivity contribution in [1.29, 1.82) is 0 Å². The second kappa shape index (κ2) is 12.0. The molecule has 0 saturated heterocycles. The summed E-state index contributed by atoms with van der Waals surface area (Å²) in [5.41, 5.74) is 10.1. The van der Waals surface area contributed by atoms with Crippen molar-refractivity contribution in [3.8, 4) is 22.8 Å². The molecular weight excluding hydrogens is 853 g/mol. The lowest BCUT2D eigenvalue weighted by Crippen LogP contribution is -2.59. The molecule has 0 atom stereocenters. The Bertz CT molecular complexity index is 4450. The van der Waals surface area contributed by atoms with Crippen molar-refractivity contribution in [1.82, 2.24) is 16.9 Å². The summed E-state index contributed by atoms with van der Waals surface area (Å²) in [7, 11) is -3.50. The highest BCUT2D eigenvalue weighted by atomic mass is 28.4. The van der Waals surface area contributed by atoms with Crippen molar-refractivity contribution < 1.29 is 0 Å². The Morgan fingerprint density at radius 2 is 0.348 bits per heavy atom. The molecule has 2 aliphatic heterocycles. The SMILES string of the molecule is c1ccc2cc3cc4c(cc5n4[Si]4(n6c-5cc5cc7cc8ccccc8cc7cc56)n5c(cc6cc7cc8ccccc8cc7cc65)-c5cc6cc7cc8ccccc8cc7cc6n54)cc3cc2c1. The Kier molecular flexibility index (Phi) is 6.12. The fourth-order valence-electron chi connectivity index (χ4n) is 13.2. The third kappa shape index (κ3) is 4.32. The van der Waals surface area contributed by atoms with E-state index in [1.54, 1.807) is 0 Å². The maximum absolute atomic E-state index is 3.50. The number of aromatic nitrogens is 4. The summed E-state index contributed by atoms with van der Waals surface area (Å²) in [4.78, 5) is 0. The van der Waals surface area contributed by atoms with E-state index in [4.69, 9.17) is 0 Å². The van der Waals surface area contributed by atoms with Crippen LogP contribution in [0.15, 0.2) is 218 Å². The minimum atomic E-state index is -3.50. The van der Waals surface area contributed by atoms with Crippen molar-refractivity contribution >= 4 is 139 Å². The summed E-state index contributed by atoms with van der Waals surface area (Å²) >= 11 is 0. The monoisotopic (exact) mass is 888 g/mol. The molecule has 0 saturated carbocycles. The minimum absolute atomic E-state index is 1.26. The molecule has 69 heavy (non-hydrogen) atoms. The molecule has 0 unspecified atom stereocenters. The summed E-state index contributed by atoms with van der Waals surface area (Å²) in [6, 6.07) is 84.1. The van der Waals surface area contributed by atoms with Crippen LogP contribution < -0.4 is 0 Å². The summed E-state index contributed by atoms with van der Waals surface area (Å²) in [5.74, 6) is 0. The molecule has 0 aliphatic carbocycles. The second-order valence-corrected chi connectivity index (χ2v) is 22.9. The van der Waals surface area contributed by atoms with Gasteiger partial charge in [0.05, 0.1) is 22.8 Å². The third-order valence-electron chi connectivity index (χ3n) is 16.2. The van der Waals surface area contributed by atoms with Gasteiger partial charge in [-0.25, -0.2) is 0 Å². The van der Waals surface area contributed by atoms with Crippen LogP contribution in [0.4, 0.5) is 0 Å². The predicted octanol–water partition coefficient (Wildman–Crippen LogP) is 16.6. The predicted molar refractivity (Wildman–Crippen MR) is 293 cm³/mol. The van der Waals surface area contributed by atoms with Crippen molar-refractivity contribution in [3.63, 3.8) is 0 Å². The third-order valence-corrected chi connectivity index (χ3v) is 20.5. The van der Waals surface area contributed by atoms with E-state index in [1.807, 2.05) is 0 Å². The Morgan fingerprint density at radius 1 is 0.174 bits per heavy atom. The van der Waals surface area contributed by atoms with Gasteiger partial charge in [-0.05, 0) is 208 Å². The minimum Gasteiger partial charge on any atom is -0.313 e. The number of hydrogen-bond donors (Lipinski definition) is 0. The van der Waals surface area contributed by atoms with Gasteiger partial charge in [-0.3, -0.25) is 0 Å². The smallest absolute Gasteiger partial charge is 0.313 e. The van der Waals surface area contributed by atoms with Crippen molar-refractivity contribution in [3.05, 3.63) is 218 Å². The molecule has 5 heteroatoms. The molecule has 4 nitrogen and oxygen atoms in total. The first-order chi connectivity index (χ1) is 34.1. The van der Waals surface area contributed by atoms with Crippen LogP contribution in [0, 0.1) is 0 Å². The van der Waals surface area contributed by atoms with Gasteiger partial charge in [-0.1, -0.05) is 97.1 Å². The van der Waals surface area contributed by atoms with Gasteiger partial charge in [0.1, 0.15) is 0 Å². The van der Waals surface area contributed by atoms with E-state index in [0.29, 0.717) is 0 Å². The van der Waals surface area contributed by atoms with E-state index in [-0.39, 0.29) is 0 Å². The van der Waals surface area contributed by atoms with Crippen LogP contribution in [0.2, 0.25) is 0 Å². The molecule has 0 fully saturated rings. The molecule has 1 spiro atoms. The molecule has 2 aliphatic rings. The van der Waals surface area contributed by atoms with Gasteiger partial charge in [0, 0.05) is 43.6 Å². The van der Waals surface area contributed by atoms with Gasteiger partial charge in [0.2, 0.25) is 0 Å². The van der Waals surface area contributed by atoms with E-state index < -0.39 is 8.72 Å². The van der Waals surface area contributed by atoms with Crippen molar-refractivity contribution in [2.24, 2.45) is 0 Å². The van der Waals surface area contributed by atoms with Gasteiger partial charge in [0.15, 0.2) is 0 Å². The van der Waals surface area contributed by atoms with Crippen LogP contribution in [-0.2, 0) is 0 Å². The fraction of sp³-hybridized carbons (Fsp3) is 0. The maximum Gasteiger partial charge on any atom is 0.522 e. The van der Waals surface area contributed by atoms with Gasteiger partial charge < -0.3 is 16.9 Å². The van der Waals surface area contributed by atoms with Gasteiger partial charge >= 0.3 is 8.72 Å². The van der Waals surface area contributed by atoms with Crippen LogP contribution in [0.3, 0.4) is 0 Å². The summed E-state index contributed by atoms with van der Waals surface area (Å²) < 4.78 is 11.4. The molecule has 4 aromatic heterocycles. The molecule has 316 valence electrons. The molecule has 0 bridgehead atoms. The highest BCUT2D eigenvalue weighted by Gasteiger charge is 2.60. The van der Waals surface area contributed by atoms with E-state index >= 15 is 0 Å². The zero-order valence-electron chi connectivity index (χ0n) is 37.1. The van der Waals surface area contributed by atoms with E-state index in [1.165, 1.54) is 153 Å². The van der Waals surface area contributed by atoms with Crippen LogP contribution in [-0.4, -0.2) is 25.7 Å². The number of fused-ring (bicyclic) bond motifs is 26. The van der Waals surface area contributed by atoms with Crippen LogP contribution in [0.25, 0.3) is 153 Å². The molecule has 16 aromatic rings. The first-order valence-corrected chi connectivity index (χ1v) is 25.8. The molecule has 18 rings (SSSR count). The maximum atomic E-state index is 2.84. The van der Waals surface area contributed by atoms with Gasteiger partial charge in [-0.15, -0.1) is 0 Å². The average molecular weight is 889 g/mol. The fourth-order valence-corrected chi connectivity index (χ4v) is 18.5. The van der Waals surface area contributed by atoms with Crippen molar-refractivity contribution in [2.75, 3.05) is 0 Å². The zero-order chi connectivity index (χ0) is 44.4. The summed E-state index contributed by atoms with van der Waals surface area (Å²) in [6.45, 7) is 0. The number of hydrogen-bond acceptors (Lipinski definition) is 0. The first-order valence-electron chi connectivity index (χ1n) is 24.0.